The molecule has 4 rings (SSSR count). The van der Waals surface area contributed by atoms with Gasteiger partial charge in [0.15, 0.2) is 0 Å². The molecule has 1 atom stereocenters. The van der Waals surface area contributed by atoms with Crippen LogP contribution in [0.25, 0.3) is 0 Å². The molecule has 0 spiro atoms. The van der Waals surface area contributed by atoms with E-state index in [1.165, 1.54) is 48.2 Å². The summed E-state index contributed by atoms with van der Waals surface area (Å²) >= 11 is 6.30. The maximum absolute atomic E-state index is 13.4. The van der Waals surface area contributed by atoms with Gasteiger partial charge in [-0.25, -0.2) is 9.29 Å². The second-order valence-electron chi connectivity index (χ2n) is 7.91. The van der Waals surface area contributed by atoms with Crippen molar-refractivity contribution in [1.29, 1.82) is 0 Å². The van der Waals surface area contributed by atoms with E-state index in [9.17, 15) is 23.6 Å². The summed E-state index contributed by atoms with van der Waals surface area (Å²) < 4.78 is 18.4. The topological polar surface area (TPSA) is 84.0 Å². The number of amides is 3. The molecule has 0 N–H and O–H groups in total. The van der Waals surface area contributed by atoms with Crippen LogP contribution in [0.15, 0.2) is 72.8 Å². The van der Waals surface area contributed by atoms with Crippen molar-refractivity contribution in [3.05, 3.63) is 94.8 Å². The first kappa shape index (κ1) is 24.1. The number of anilines is 1. The van der Waals surface area contributed by atoms with Crippen LogP contribution in [0.3, 0.4) is 0 Å². The van der Waals surface area contributed by atoms with Crippen molar-refractivity contribution in [2.75, 3.05) is 4.90 Å². The van der Waals surface area contributed by atoms with Gasteiger partial charge in [-0.05, 0) is 60.2 Å². The maximum atomic E-state index is 13.4. The van der Waals surface area contributed by atoms with Crippen LogP contribution >= 0.6 is 11.6 Å². The normalized spacial score (nSPS) is 15.3. The Morgan fingerprint density at radius 1 is 1.03 bits per heavy atom. The van der Waals surface area contributed by atoms with Gasteiger partial charge in [0, 0.05) is 24.1 Å². The van der Waals surface area contributed by atoms with Crippen molar-refractivity contribution in [3.63, 3.8) is 0 Å². The van der Waals surface area contributed by atoms with Crippen LogP contribution in [-0.2, 0) is 20.9 Å². The highest BCUT2D eigenvalue weighted by Gasteiger charge is 2.44. The molecule has 1 fully saturated rings. The SMILES string of the molecule is CC(=O)Oc1ccc(N2C(=O)CC(N(Cc3ccccc3Cl)C(=O)c3ccc(F)cc3)C2=O)cc1. The second kappa shape index (κ2) is 10.1. The smallest absolute Gasteiger partial charge is 0.308 e. The summed E-state index contributed by atoms with van der Waals surface area (Å²) in [5.41, 5.74) is 1.04. The Morgan fingerprint density at radius 2 is 1.69 bits per heavy atom. The van der Waals surface area contributed by atoms with Crippen molar-refractivity contribution in [3.8, 4) is 5.75 Å². The number of hydrogen-bond donors (Lipinski definition) is 0. The Balaban J connectivity index is 1.66. The van der Waals surface area contributed by atoms with E-state index in [1.807, 2.05) is 0 Å². The van der Waals surface area contributed by atoms with Crippen molar-refractivity contribution in [2.45, 2.75) is 25.9 Å². The fraction of sp³-hybridized carbons (Fsp3) is 0.154. The number of benzene rings is 3. The molecule has 35 heavy (non-hydrogen) atoms. The largest absolute Gasteiger partial charge is 0.427 e. The van der Waals surface area contributed by atoms with Crippen LogP contribution < -0.4 is 9.64 Å². The molecule has 7 nitrogen and oxygen atoms in total. The second-order valence-corrected chi connectivity index (χ2v) is 8.31. The summed E-state index contributed by atoms with van der Waals surface area (Å²) in [5, 5.41) is 0.402. The molecule has 0 bridgehead atoms. The maximum Gasteiger partial charge on any atom is 0.308 e. The summed E-state index contributed by atoms with van der Waals surface area (Å²) in [7, 11) is 0. The van der Waals surface area contributed by atoms with E-state index in [0.29, 0.717) is 10.6 Å². The molecule has 3 aromatic carbocycles. The molecule has 0 aromatic heterocycles. The third-order valence-corrected chi connectivity index (χ3v) is 5.87. The average Bonchev–Trinajstić information content (AvgIpc) is 3.12. The van der Waals surface area contributed by atoms with Crippen LogP contribution in [0.2, 0.25) is 5.02 Å². The first-order chi connectivity index (χ1) is 16.7. The average molecular weight is 495 g/mol. The van der Waals surface area contributed by atoms with E-state index >= 15 is 0 Å². The van der Waals surface area contributed by atoms with Crippen LogP contribution in [-0.4, -0.2) is 34.6 Å². The zero-order valence-electron chi connectivity index (χ0n) is 18.6. The molecule has 0 radical (unpaired) electrons. The van der Waals surface area contributed by atoms with Crippen LogP contribution in [0.5, 0.6) is 5.75 Å². The van der Waals surface area contributed by atoms with Crippen molar-refractivity contribution < 1.29 is 28.3 Å². The summed E-state index contributed by atoms with van der Waals surface area (Å²) in [4.78, 5) is 53.2. The van der Waals surface area contributed by atoms with Gasteiger partial charge in [-0.15, -0.1) is 0 Å². The quantitative estimate of drug-likeness (QED) is 0.288. The van der Waals surface area contributed by atoms with Gasteiger partial charge in [0.1, 0.15) is 17.6 Å². The minimum atomic E-state index is -1.09. The van der Waals surface area contributed by atoms with Crippen molar-refractivity contribution in [1.82, 2.24) is 4.90 Å². The van der Waals surface area contributed by atoms with Gasteiger partial charge in [-0.1, -0.05) is 29.8 Å². The summed E-state index contributed by atoms with van der Waals surface area (Å²) in [6, 6.07) is 16.6. The van der Waals surface area contributed by atoms with Gasteiger partial charge < -0.3 is 9.64 Å². The van der Waals surface area contributed by atoms with Crippen molar-refractivity contribution >= 4 is 41.0 Å². The predicted molar refractivity (Wildman–Crippen MR) is 126 cm³/mol. The number of esters is 1. The number of ether oxygens (including phenoxy) is 1. The van der Waals surface area contributed by atoms with Gasteiger partial charge in [0.25, 0.3) is 11.8 Å². The van der Waals surface area contributed by atoms with E-state index in [4.69, 9.17) is 16.3 Å². The Hall–Kier alpha value is -4.04. The highest BCUT2D eigenvalue weighted by atomic mass is 35.5. The van der Waals surface area contributed by atoms with Gasteiger partial charge in [0.2, 0.25) is 5.91 Å². The van der Waals surface area contributed by atoms with E-state index in [0.717, 1.165) is 17.0 Å². The number of rotatable bonds is 6. The molecule has 1 aliphatic rings. The summed E-state index contributed by atoms with van der Waals surface area (Å²) in [6.45, 7) is 1.23. The van der Waals surface area contributed by atoms with E-state index < -0.39 is 35.5 Å². The number of hydrogen-bond acceptors (Lipinski definition) is 5. The zero-order valence-corrected chi connectivity index (χ0v) is 19.4. The predicted octanol–water partition coefficient (Wildman–Crippen LogP) is 4.38. The van der Waals surface area contributed by atoms with Gasteiger partial charge in [0.05, 0.1) is 12.1 Å². The Bertz CT molecular complexity index is 1290. The molecule has 1 heterocycles. The van der Waals surface area contributed by atoms with Gasteiger partial charge in [-0.3, -0.25) is 19.2 Å². The third kappa shape index (κ3) is 5.22. The van der Waals surface area contributed by atoms with Crippen LogP contribution in [0.4, 0.5) is 10.1 Å². The number of nitrogens with zero attached hydrogens (tertiary/aromatic N) is 2. The lowest BCUT2D eigenvalue weighted by molar-refractivity contribution is -0.132. The van der Waals surface area contributed by atoms with Crippen LogP contribution in [0, 0.1) is 5.82 Å². The number of halogens is 2. The molecule has 0 saturated carbocycles. The zero-order chi connectivity index (χ0) is 25.1. The molecular weight excluding hydrogens is 475 g/mol. The molecule has 3 amide bonds. The van der Waals surface area contributed by atoms with Crippen LogP contribution in [0.1, 0.15) is 29.3 Å². The van der Waals surface area contributed by atoms with Crippen molar-refractivity contribution in [2.24, 2.45) is 0 Å². The molecule has 1 saturated heterocycles. The standard InChI is InChI=1S/C26H20ClFN2O5/c1-16(31)35-21-12-10-20(11-13-21)30-24(32)14-23(26(30)34)29(15-18-4-2-3-5-22(18)27)25(33)17-6-8-19(28)9-7-17/h2-13,23H,14-15H2,1H3. The minimum Gasteiger partial charge on any atom is -0.427 e. The van der Waals surface area contributed by atoms with E-state index in [1.54, 1.807) is 24.3 Å². The lowest BCUT2D eigenvalue weighted by Crippen LogP contribution is -2.45. The number of carbonyl (C=O) groups excluding carboxylic acids is 4. The lowest BCUT2D eigenvalue weighted by atomic mass is 10.1. The molecule has 0 aliphatic carbocycles. The third-order valence-electron chi connectivity index (χ3n) is 5.51. The highest BCUT2D eigenvalue weighted by molar-refractivity contribution is 6.31. The summed E-state index contributed by atoms with van der Waals surface area (Å²) in [6.07, 6.45) is -0.234. The Morgan fingerprint density at radius 3 is 2.31 bits per heavy atom. The number of carbonyl (C=O) groups is 4. The molecular formula is C26H20ClFN2O5. The van der Waals surface area contributed by atoms with E-state index in [2.05, 4.69) is 0 Å². The Kier molecular flexibility index (Phi) is 6.93. The summed E-state index contributed by atoms with van der Waals surface area (Å²) in [5.74, 6) is -2.35. The first-order valence-corrected chi connectivity index (χ1v) is 11.1. The molecule has 1 unspecified atom stereocenters. The monoisotopic (exact) mass is 494 g/mol. The van der Waals surface area contributed by atoms with E-state index in [-0.39, 0.29) is 30.0 Å². The fourth-order valence-corrected chi connectivity index (χ4v) is 4.05. The Labute approximate surface area is 205 Å². The van der Waals surface area contributed by atoms with Gasteiger partial charge in [-0.2, -0.15) is 0 Å². The number of imide groups is 1. The molecule has 9 heteroatoms. The first-order valence-electron chi connectivity index (χ1n) is 10.7. The van der Waals surface area contributed by atoms with Gasteiger partial charge >= 0.3 is 5.97 Å². The lowest BCUT2D eigenvalue weighted by Gasteiger charge is -2.28. The molecule has 1 aliphatic heterocycles. The molecule has 178 valence electrons. The highest BCUT2D eigenvalue weighted by Crippen LogP contribution is 2.30. The fourth-order valence-electron chi connectivity index (χ4n) is 3.85. The minimum absolute atomic E-state index is 0.0290. The molecule has 3 aromatic rings.